The Kier molecular flexibility index (Phi) is 7.84. The maximum absolute atomic E-state index is 12.4. The van der Waals surface area contributed by atoms with Gasteiger partial charge >= 0.3 is 0 Å². The molecule has 3 N–H and O–H groups in total. The molecule has 0 aliphatic heterocycles. The third-order valence-corrected chi connectivity index (χ3v) is 4.93. The number of aliphatic hydroxyl groups excluding tert-OH is 2. The summed E-state index contributed by atoms with van der Waals surface area (Å²) in [4.78, 5) is 0.170. The second-order valence-corrected chi connectivity index (χ2v) is 6.61. The lowest BCUT2D eigenvalue weighted by Crippen LogP contribution is -2.35. The fraction of sp³-hybridized carbons (Fsp3) is 0.571. The molecule has 0 saturated carbocycles. The van der Waals surface area contributed by atoms with Crippen LogP contribution in [0.4, 0.5) is 0 Å². The maximum Gasteiger partial charge on any atom is 0.243 e. The predicted octanol–water partition coefficient (Wildman–Crippen LogP) is 0.162. The molecule has 0 aliphatic carbocycles. The molecule has 120 valence electrons. The quantitative estimate of drug-likeness (QED) is 0.535. The van der Waals surface area contributed by atoms with Gasteiger partial charge in [0.1, 0.15) is 0 Å². The van der Waals surface area contributed by atoms with Crippen LogP contribution in [0.2, 0.25) is 0 Å². The fourth-order valence-corrected chi connectivity index (χ4v) is 3.34. The van der Waals surface area contributed by atoms with Crippen LogP contribution in [0.25, 0.3) is 0 Å². The number of hydrogen-bond donors (Lipinski definition) is 3. The van der Waals surface area contributed by atoms with Gasteiger partial charge in [0.25, 0.3) is 0 Å². The van der Waals surface area contributed by atoms with Gasteiger partial charge in [-0.1, -0.05) is 19.1 Å². The Hall–Kier alpha value is -0.990. The molecule has 0 atom stereocenters. The Balaban J connectivity index is 2.82. The van der Waals surface area contributed by atoms with E-state index in [0.29, 0.717) is 6.54 Å². The fourth-order valence-electron chi connectivity index (χ4n) is 1.91. The molecule has 0 aromatic heterocycles. The zero-order valence-electron chi connectivity index (χ0n) is 12.3. The second kappa shape index (κ2) is 9.11. The average Bonchev–Trinajstić information content (AvgIpc) is 2.48. The minimum Gasteiger partial charge on any atom is -0.395 e. The van der Waals surface area contributed by atoms with Crippen molar-refractivity contribution in [3.63, 3.8) is 0 Å². The molecule has 0 radical (unpaired) electrons. The zero-order valence-corrected chi connectivity index (χ0v) is 13.1. The first-order valence-corrected chi connectivity index (χ1v) is 8.51. The molecule has 6 nitrogen and oxygen atoms in total. The molecule has 0 unspecified atom stereocenters. The van der Waals surface area contributed by atoms with Crippen molar-refractivity contribution in [2.75, 3.05) is 32.8 Å². The highest BCUT2D eigenvalue weighted by molar-refractivity contribution is 7.89. The third kappa shape index (κ3) is 5.37. The molecule has 0 amide bonds. The van der Waals surface area contributed by atoms with Crippen LogP contribution in [-0.4, -0.2) is 55.8 Å². The van der Waals surface area contributed by atoms with Crippen LogP contribution < -0.4 is 5.32 Å². The lowest BCUT2D eigenvalue weighted by molar-refractivity contribution is 0.217. The highest BCUT2D eigenvalue weighted by Crippen LogP contribution is 2.16. The van der Waals surface area contributed by atoms with Crippen molar-refractivity contribution in [1.29, 1.82) is 0 Å². The topological polar surface area (TPSA) is 89.9 Å². The van der Waals surface area contributed by atoms with Crippen molar-refractivity contribution >= 4 is 10.0 Å². The first-order chi connectivity index (χ1) is 10.1. The average molecular weight is 316 g/mol. The summed E-state index contributed by atoms with van der Waals surface area (Å²) < 4.78 is 25.8. The summed E-state index contributed by atoms with van der Waals surface area (Å²) in [6.45, 7) is 3.09. The molecule has 0 aliphatic rings. The van der Waals surface area contributed by atoms with Crippen LogP contribution in [0.3, 0.4) is 0 Å². The van der Waals surface area contributed by atoms with Gasteiger partial charge in [-0.2, -0.15) is 4.31 Å². The second-order valence-electron chi connectivity index (χ2n) is 4.67. The van der Waals surface area contributed by atoms with Crippen molar-refractivity contribution in [1.82, 2.24) is 9.62 Å². The van der Waals surface area contributed by atoms with Crippen molar-refractivity contribution in [2.24, 2.45) is 0 Å². The minimum absolute atomic E-state index is 0.0251. The number of rotatable bonds is 10. The van der Waals surface area contributed by atoms with Gasteiger partial charge in [0, 0.05) is 19.6 Å². The summed E-state index contributed by atoms with van der Waals surface area (Å²) >= 11 is 0. The molecular formula is C14H24N2O4S. The van der Waals surface area contributed by atoms with Gasteiger partial charge in [-0.05, 0) is 30.7 Å². The first kappa shape index (κ1) is 18.1. The normalized spacial score (nSPS) is 12.0. The minimum atomic E-state index is -3.67. The van der Waals surface area contributed by atoms with Crippen molar-refractivity contribution in [2.45, 2.75) is 24.8 Å². The van der Waals surface area contributed by atoms with Gasteiger partial charge in [-0.25, -0.2) is 8.42 Å². The summed E-state index contributed by atoms with van der Waals surface area (Å²) in [6.07, 6.45) is 1.05. The SMILES string of the molecule is CCCNCc1ccc(S(=O)(=O)N(CCO)CCO)cc1. The highest BCUT2D eigenvalue weighted by Gasteiger charge is 2.23. The van der Waals surface area contributed by atoms with Gasteiger partial charge in [0.05, 0.1) is 18.1 Å². The van der Waals surface area contributed by atoms with Crippen LogP contribution in [0.5, 0.6) is 0 Å². The molecular weight excluding hydrogens is 292 g/mol. The van der Waals surface area contributed by atoms with E-state index in [1.165, 1.54) is 0 Å². The van der Waals surface area contributed by atoms with Crippen LogP contribution in [0.1, 0.15) is 18.9 Å². The lowest BCUT2D eigenvalue weighted by atomic mass is 10.2. The molecule has 0 saturated heterocycles. The molecule has 0 fully saturated rings. The monoisotopic (exact) mass is 316 g/mol. The number of benzene rings is 1. The van der Waals surface area contributed by atoms with E-state index < -0.39 is 10.0 Å². The predicted molar refractivity (Wildman–Crippen MR) is 81.4 cm³/mol. The van der Waals surface area contributed by atoms with E-state index in [0.717, 1.165) is 22.8 Å². The molecule has 0 heterocycles. The van der Waals surface area contributed by atoms with Gasteiger partial charge in [-0.15, -0.1) is 0 Å². The Labute approximate surface area is 126 Å². The zero-order chi connectivity index (χ0) is 15.7. The van der Waals surface area contributed by atoms with E-state index in [4.69, 9.17) is 10.2 Å². The Bertz CT molecular complexity index is 496. The molecule has 1 aromatic carbocycles. The van der Waals surface area contributed by atoms with Gasteiger partial charge in [0.2, 0.25) is 10.0 Å². The van der Waals surface area contributed by atoms with Gasteiger partial charge < -0.3 is 15.5 Å². The van der Waals surface area contributed by atoms with E-state index in [-0.39, 0.29) is 31.2 Å². The van der Waals surface area contributed by atoms with Crippen molar-refractivity contribution < 1.29 is 18.6 Å². The first-order valence-electron chi connectivity index (χ1n) is 7.07. The molecule has 0 spiro atoms. The Morgan fingerprint density at radius 3 is 2.14 bits per heavy atom. The van der Waals surface area contributed by atoms with Crippen molar-refractivity contribution in [3.05, 3.63) is 29.8 Å². The standard InChI is InChI=1S/C14H24N2O4S/c1-2-7-15-12-13-3-5-14(6-4-13)21(19,20)16(8-10-17)9-11-18/h3-6,15,17-18H,2,7-12H2,1H3. The van der Waals surface area contributed by atoms with E-state index in [9.17, 15) is 8.42 Å². The van der Waals surface area contributed by atoms with Gasteiger partial charge in [0.15, 0.2) is 0 Å². The molecule has 1 rings (SSSR count). The Morgan fingerprint density at radius 1 is 1.10 bits per heavy atom. The number of hydrogen-bond acceptors (Lipinski definition) is 5. The number of sulfonamides is 1. The number of aliphatic hydroxyl groups is 2. The summed E-state index contributed by atoms with van der Waals surface area (Å²) in [7, 11) is -3.67. The highest BCUT2D eigenvalue weighted by atomic mass is 32.2. The van der Waals surface area contributed by atoms with E-state index in [1.54, 1.807) is 24.3 Å². The summed E-state index contributed by atoms with van der Waals surface area (Å²) in [5.41, 5.74) is 1.01. The molecule has 7 heteroatoms. The lowest BCUT2D eigenvalue weighted by Gasteiger charge is -2.20. The van der Waals surface area contributed by atoms with Crippen molar-refractivity contribution in [3.8, 4) is 0 Å². The van der Waals surface area contributed by atoms with Crippen LogP contribution in [0, 0.1) is 0 Å². The Morgan fingerprint density at radius 2 is 1.67 bits per heavy atom. The molecule has 1 aromatic rings. The molecule has 0 bridgehead atoms. The van der Waals surface area contributed by atoms with E-state index in [2.05, 4.69) is 12.2 Å². The van der Waals surface area contributed by atoms with E-state index in [1.807, 2.05) is 0 Å². The molecule has 21 heavy (non-hydrogen) atoms. The third-order valence-electron chi connectivity index (χ3n) is 3.02. The van der Waals surface area contributed by atoms with E-state index >= 15 is 0 Å². The number of nitrogens with zero attached hydrogens (tertiary/aromatic N) is 1. The van der Waals surface area contributed by atoms with Crippen LogP contribution >= 0.6 is 0 Å². The largest absolute Gasteiger partial charge is 0.395 e. The summed E-state index contributed by atoms with van der Waals surface area (Å²) in [6, 6.07) is 6.65. The van der Waals surface area contributed by atoms with Gasteiger partial charge in [-0.3, -0.25) is 0 Å². The maximum atomic E-state index is 12.4. The van der Waals surface area contributed by atoms with Crippen LogP contribution in [0.15, 0.2) is 29.2 Å². The summed E-state index contributed by atoms with van der Waals surface area (Å²) in [5.74, 6) is 0. The van der Waals surface area contributed by atoms with Crippen LogP contribution in [-0.2, 0) is 16.6 Å². The smallest absolute Gasteiger partial charge is 0.243 e. The summed E-state index contributed by atoms with van der Waals surface area (Å²) in [5, 5.41) is 21.1. The number of nitrogens with one attached hydrogen (secondary N) is 1.